The molecule has 0 aliphatic rings. The van der Waals surface area contributed by atoms with Gasteiger partial charge in [-0.15, -0.1) is 0 Å². The Bertz CT molecular complexity index is 389. The summed E-state index contributed by atoms with van der Waals surface area (Å²) < 4.78 is 16.0. The Kier molecular flexibility index (Phi) is 7.18. The molecule has 114 valence electrons. The molecule has 5 heteroatoms. The van der Waals surface area contributed by atoms with E-state index in [1.165, 1.54) is 0 Å². The largest absolute Gasteiger partial charge is 0.489 e. The van der Waals surface area contributed by atoms with E-state index in [1.807, 2.05) is 32.0 Å². The van der Waals surface area contributed by atoms with Gasteiger partial charge in [-0.05, 0) is 26.0 Å². The lowest BCUT2D eigenvalue weighted by Gasteiger charge is -2.26. The second-order valence-electron chi connectivity index (χ2n) is 4.83. The minimum Gasteiger partial charge on any atom is -0.489 e. The van der Waals surface area contributed by atoms with Gasteiger partial charge in [0.25, 0.3) is 0 Å². The Morgan fingerprint density at radius 1 is 1.10 bits per heavy atom. The molecule has 0 atom stereocenters. The number of hydrogen-bond acceptors (Lipinski definition) is 5. The van der Waals surface area contributed by atoms with Crippen LogP contribution in [0, 0.1) is 0 Å². The fraction of sp³-hybridized carbons (Fsp3) is 0.600. The first kappa shape index (κ1) is 16.6. The molecule has 5 nitrogen and oxygen atoms in total. The maximum Gasteiger partial charge on any atom is 0.144 e. The first-order valence-corrected chi connectivity index (χ1v) is 6.88. The fourth-order valence-corrected chi connectivity index (χ4v) is 1.92. The van der Waals surface area contributed by atoms with E-state index in [9.17, 15) is 0 Å². The van der Waals surface area contributed by atoms with E-state index in [2.05, 4.69) is 4.90 Å². The Balaban J connectivity index is 2.93. The lowest BCUT2D eigenvalue weighted by molar-refractivity contribution is 0.190. The monoisotopic (exact) mass is 282 g/mol. The Morgan fingerprint density at radius 2 is 1.70 bits per heavy atom. The highest BCUT2D eigenvalue weighted by Gasteiger charge is 2.13. The van der Waals surface area contributed by atoms with Crippen LogP contribution in [-0.4, -0.2) is 46.6 Å². The topological polar surface area (TPSA) is 57.0 Å². The van der Waals surface area contributed by atoms with Crippen LogP contribution in [0.5, 0.6) is 5.75 Å². The van der Waals surface area contributed by atoms with Crippen LogP contribution in [0.15, 0.2) is 18.2 Å². The van der Waals surface area contributed by atoms with Gasteiger partial charge in [-0.25, -0.2) is 0 Å². The third-order valence-electron chi connectivity index (χ3n) is 2.88. The number of ether oxygens (including phenoxy) is 3. The summed E-state index contributed by atoms with van der Waals surface area (Å²) in [6, 6.07) is 5.84. The lowest BCUT2D eigenvalue weighted by Crippen LogP contribution is -2.31. The number of anilines is 2. The predicted octanol–water partition coefficient (Wildman–Crippen LogP) is 2.16. The molecule has 0 bridgehead atoms. The number of nitrogens with two attached hydrogens (primary N) is 1. The van der Waals surface area contributed by atoms with Gasteiger partial charge in [-0.1, -0.05) is 6.07 Å². The first-order chi connectivity index (χ1) is 9.60. The molecule has 0 aliphatic heterocycles. The van der Waals surface area contributed by atoms with E-state index in [0.29, 0.717) is 18.9 Å². The lowest BCUT2D eigenvalue weighted by atomic mass is 10.2. The van der Waals surface area contributed by atoms with Crippen LogP contribution in [0.3, 0.4) is 0 Å². The van der Waals surface area contributed by atoms with E-state index in [4.69, 9.17) is 19.9 Å². The van der Waals surface area contributed by atoms with Crippen LogP contribution in [0.2, 0.25) is 0 Å². The number of nitrogens with zero attached hydrogens (tertiary/aromatic N) is 1. The Hall–Kier alpha value is -1.46. The van der Waals surface area contributed by atoms with Crippen molar-refractivity contribution in [3.63, 3.8) is 0 Å². The molecular weight excluding hydrogens is 256 g/mol. The number of para-hydroxylation sites is 1. The van der Waals surface area contributed by atoms with Gasteiger partial charge in [-0.3, -0.25) is 0 Å². The van der Waals surface area contributed by atoms with Crippen molar-refractivity contribution >= 4 is 11.4 Å². The normalized spacial score (nSPS) is 10.8. The van der Waals surface area contributed by atoms with Crippen LogP contribution >= 0.6 is 0 Å². The highest BCUT2D eigenvalue weighted by molar-refractivity contribution is 5.74. The van der Waals surface area contributed by atoms with Crippen molar-refractivity contribution in [1.82, 2.24) is 0 Å². The van der Waals surface area contributed by atoms with Crippen LogP contribution in [0.1, 0.15) is 13.8 Å². The van der Waals surface area contributed by atoms with Gasteiger partial charge in [-0.2, -0.15) is 0 Å². The van der Waals surface area contributed by atoms with E-state index < -0.39 is 0 Å². The molecule has 2 N–H and O–H groups in total. The number of rotatable bonds is 9. The van der Waals surface area contributed by atoms with Crippen molar-refractivity contribution in [2.45, 2.75) is 20.0 Å². The fourth-order valence-electron chi connectivity index (χ4n) is 1.92. The molecular formula is C15H26N2O3. The Morgan fingerprint density at radius 3 is 2.20 bits per heavy atom. The average Bonchev–Trinajstić information content (AvgIpc) is 2.41. The zero-order valence-corrected chi connectivity index (χ0v) is 12.9. The smallest absolute Gasteiger partial charge is 0.144 e. The first-order valence-electron chi connectivity index (χ1n) is 6.88. The van der Waals surface area contributed by atoms with Gasteiger partial charge in [0.15, 0.2) is 0 Å². The van der Waals surface area contributed by atoms with Gasteiger partial charge in [0, 0.05) is 27.3 Å². The van der Waals surface area contributed by atoms with Gasteiger partial charge in [0.1, 0.15) is 5.75 Å². The molecule has 0 radical (unpaired) electrons. The number of benzene rings is 1. The van der Waals surface area contributed by atoms with Crippen LogP contribution in [0.25, 0.3) is 0 Å². The van der Waals surface area contributed by atoms with Crippen molar-refractivity contribution in [3.8, 4) is 5.75 Å². The Labute approximate surface area is 121 Å². The summed E-state index contributed by atoms with van der Waals surface area (Å²) in [4.78, 5) is 2.15. The third-order valence-corrected chi connectivity index (χ3v) is 2.88. The van der Waals surface area contributed by atoms with Crippen LogP contribution in [-0.2, 0) is 9.47 Å². The molecule has 0 heterocycles. The summed E-state index contributed by atoms with van der Waals surface area (Å²) in [5.74, 6) is 0.720. The molecule has 0 spiro atoms. The number of methoxy groups -OCH3 is 2. The summed E-state index contributed by atoms with van der Waals surface area (Å²) in [5, 5.41) is 0. The van der Waals surface area contributed by atoms with Crippen molar-refractivity contribution < 1.29 is 14.2 Å². The van der Waals surface area contributed by atoms with Crippen LogP contribution < -0.4 is 15.4 Å². The van der Waals surface area contributed by atoms with Crippen LogP contribution in [0.4, 0.5) is 11.4 Å². The zero-order chi connectivity index (χ0) is 15.0. The maximum absolute atomic E-state index is 6.23. The van der Waals surface area contributed by atoms with E-state index >= 15 is 0 Å². The van der Waals surface area contributed by atoms with Gasteiger partial charge in [0.2, 0.25) is 0 Å². The van der Waals surface area contributed by atoms with E-state index in [1.54, 1.807) is 14.2 Å². The summed E-state index contributed by atoms with van der Waals surface area (Å²) in [6.07, 6.45) is 0.0963. The SMILES string of the molecule is COCCN(CCOC)c1cccc(OC(C)C)c1N. The van der Waals surface area contributed by atoms with Gasteiger partial charge in [0.05, 0.1) is 30.7 Å². The second-order valence-corrected chi connectivity index (χ2v) is 4.83. The van der Waals surface area contributed by atoms with Gasteiger partial charge < -0.3 is 24.8 Å². The molecule has 0 unspecified atom stereocenters. The molecule has 0 fully saturated rings. The molecule has 0 saturated heterocycles. The van der Waals surface area contributed by atoms with E-state index in [0.717, 1.165) is 24.5 Å². The number of nitrogen functional groups attached to an aromatic ring is 1. The number of hydrogen-bond donors (Lipinski definition) is 1. The molecule has 0 aliphatic carbocycles. The summed E-state index contributed by atoms with van der Waals surface area (Å²) in [6.45, 7) is 6.76. The minimum absolute atomic E-state index is 0.0963. The van der Waals surface area contributed by atoms with E-state index in [-0.39, 0.29) is 6.10 Å². The zero-order valence-electron chi connectivity index (χ0n) is 12.9. The third kappa shape index (κ3) is 4.90. The summed E-state index contributed by atoms with van der Waals surface area (Å²) in [5.41, 5.74) is 7.84. The predicted molar refractivity (Wildman–Crippen MR) is 82.6 cm³/mol. The van der Waals surface area contributed by atoms with Crippen molar-refractivity contribution in [2.75, 3.05) is 51.2 Å². The molecule has 0 amide bonds. The van der Waals surface area contributed by atoms with Crippen molar-refractivity contribution in [1.29, 1.82) is 0 Å². The molecule has 1 aromatic rings. The van der Waals surface area contributed by atoms with Crippen molar-refractivity contribution in [3.05, 3.63) is 18.2 Å². The molecule has 1 rings (SSSR count). The minimum atomic E-state index is 0.0963. The second kappa shape index (κ2) is 8.66. The highest BCUT2D eigenvalue weighted by atomic mass is 16.5. The maximum atomic E-state index is 6.23. The van der Waals surface area contributed by atoms with Crippen molar-refractivity contribution in [2.24, 2.45) is 0 Å². The standard InChI is InChI=1S/C15H26N2O3/c1-12(2)20-14-7-5-6-13(15(14)16)17(8-10-18-3)9-11-19-4/h5-7,12H,8-11,16H2,1-4H3. The molecule has 1 aromatic carbocycles. The molecule has 20 heavy (non-hydrogen) atoms. The van der Waals surface area contributed by atoms with Gasteiger partial charge >= 0.3 is 0 Å². The quantitative estimate of drug-likeness (QED) is 0.703. The molecule has 0 saturated carbocycles. The average molecular weight is 282 g/mol. The summed E-state index contributed by atoms with van der Waals surface area (Å²) >= 11 is 0. The highest BCUT2D eigenvalue weighted by Crippen LogP contribution is 2.32. The molecule has 0 aromatic heterocycles. The summed E-state index contributed by atoms with van der Waals surface area (Å²) in [7, 11) is 3.38.